The van der Waals surface area contributed by atoms with Crippen LogP contribution in [0.1, 0.15) is 47.9 Å². The topological polar surface area (TPSA) is 66.9 Å². The van der Waals surface area contributed by atoms with Crippen molar-refractivity contribution < 1.29 is 19.1 Å². The number of fused-ring (bicyclic) bond motifs is 2. The highest BCUT2D eigenvalue weighted by Crippen LogP contribution is 2.70. The highest BCUT2D eigenvalue weighted by Gasteiger charge is 2.68. The predicted molar refractivity (Wildman–Crippen MR) is 123 cm³/mol. The van der Waals surface area contributed by atoms with Crippen LogP contribution >= 0.6 is 0 Å². The van der Waals surface area contributed by atoms with Gasteiger partial charge in [-0.25, -0.2) is 0 Å². The maximum atomic E-state index is 13.6. The van der Waals surface area contributed by atoms with Crippen molar-refractivity contribution in [3.8, 4) is 5.75 Å². The molecule has 4 atom stereocenters. The van der Waals surface area contributed by atoms with Gasteiger partial charge in [0.25, 0.3) is 17.7 Å². The number of ether oxygens (including phenoxy) is 1. The first-order valence-electron chi connectivity index (χ1n) is 11.4. The highest BCUT2D eigenvalue weighted by molar-refractivity contribution is 6.25. The van der Waals surface area contributed by atoms with E-state index in [1.54, 1.807) is 36.3 Å². The van der Waals surface area contributed by atoms with E-state index in [-0.39, 0.29) is 29.2 Å². The number of β-lactam (4-membered cyclic amide) rings is 1. The van der Waals surface area contributed by atoms with Crippen LogP contribution in [-0.4, -0.2) is 41.8 Å². The molecule has 168 valence electrons. The van der Waals surface area contributed by atoms with E-state index < -0.39 is 6.04 Å². The third-order valence-corrected chi connectivity index (χ3v) is 8.25. The number of rotatable bonds is 4. The normalized spacial score (nSPS) is 29.3. The zero-order chi connectivity index (χ0) is 23.2. The lowest BCUT2D eigenvalue weighted by Gasteiger charge is -2.51. The number of methoxy groups -OCH3 is 1. The fourth-order valence-corrected chi connectivity index (χ4v) is 6.42. The molecular formula is C27H26N2O4. The Kier molecular flexibility index (Phi) is 4.02. The van der Waals surface area contributed by atoms with Crippen molar-refractivity contribution in [2.75, 3.05) is 12.0 Å². The Hall–Kier alpha value is -3.41. The van der Waals surface area contributed by atoms with E-state index in [2.05, 4.69) is 20.8 Å². The molecule has 0 N–H and O–H groups in total. The van der Waals surface area contributed by atoms with Gasteiger partial charge in [0.2, 0.25) is 0 Å². The second-order valence-electron chi connectivity index (χ2n) is 10.2. The molecule has 2 aliphatic carbocycles. The van der Waals surface area contributed by atoms with Crippen LogP contribution in [0.25, 0.3) is 0 Å². The van der Waals surface area contributed by atoms with Gasteiger partial charge in [0.15, 0.2) is 0 Å². The Balaban J connectivity index is 1.44. The maximum absolute atomic E-state index is 13.6. The summed E-state index contributed by atoms with van der Waals surface area (Å²) in [4.78, 5) is 43.2. The molecular weight excluding hydrogens is 416 g/mol. The van der Waals surface area contributed by atoms with Gasteiger partial charge in [-0.1, -0.05) is 31.6 Å². The highest BCUT2D eigenvalue weighted by atomic mass is 16.5. The van der Waals surface area contributed by atoms with Gasteiger partial charge in [-0.05, 0) is 72.6 Å². The van der Waals surface area contributed by atoms with Crippen LogP contribution < -0.4 is 9.64 Å². The van der Waals surface area contributed by atoms with E-state index in [9.17, 15) is 14.4 Å². The summed E-state index contributed by atoms with van der Waals surface area (Å²) in [6.07, 6.45) is 1.00. The summed E-state index contributed by atoms with van der Waals surface area (Å²) < 4.78 is 5.28. The molecule has 0 unspecified atom stereocenters. The van der Waals surface area contributed by atoms with Crippen molar-refractivity contribution in [2.24, 2.45) is 17.3 Å². The number of anilines is 1. The quantitative estimate of drug-likeness (QED) is 0.407. The van der Waals surface area contributed by atoms with Crippen LogP contribution in [-0.2, 0) is 4.79 Å². The van der Waals surface area contributed by atoms with Gasteiger partial charge in [-0.3, -0.25) is 19.3 Å². The lowest BCUT2D eigenvalue weighted by atomic mass is 9.80. The summed E-state index contributed by atoms with van der Waals surface area (Å²) in [7, 11) is 1.60. The van der Waals surface area contributed by atoms with Crippen LogP contribution in [0.2, 0.25) is 0 Å². The van der Waals surface area contributed by atoms with Gasteiger partial charge in [0.1, 0.15) is 11.8 Å². The van der Waals surface area contributed by atoms with Crippen LogP contribution in [0.3, 0.4) is 0 Å². The number of hydrogen-bond donors (Lipinski definition) is 0. The smallest absolute Gasteiger partial charge is 0.262 e. The molecule has 0 radical (unpaired) electrons. The number of benzene rings is 2. The van der Waals surface area contributed by atoms with E-state index >= 15 is 0 Å². The van der Waals surface area contributed by atoms with Gasteiger partial charge < -0.3 is 9.64 Å². The Labute approximate surface area is 192 Å². The molecule has 2 aromatic rings. The van der Waals surface area contributed by atoms with E-state index in [0.29, 0.717) is 28.7 Å². The zero-order valence-electron chi connectivity index (χ0n) is 19.2. The number of carbonyl (C=O) groups is 3. The van der Waals surface area contributed by atoms with Crippen molar-refractivity contribution in [2.45, 2.75) is 39.3 Å². The fourth-order valence-electron chi connectivity index (χ4n) is 6.42. The molecule has 1 saturated heterocycles. The second-order valence-corrected chi connectivity index (χ2v) is 10.2. The zero-order valence-corrected chi connectivity index (χ0v) is 19.2. The van der Waals surface area contributed by atoms with Gasteiger partial charge >= 0.3 is 0 Å². The summed E-state index contributed by atoms with van der Waals surface area (Å²) >= 11 is 0. The first kappa shape index (κ1) is 20.2. The molecule has 0 bridgehead atoms. The minimum absolute atomic E-state index is 0.172. The first-order chi connectivity index (χ1) is 15.8. The SMILES string of the molecule is COc1ccc(N2C(=O)[C@H](N3C(=O)c4ccccc4C3=O)[C@@H]2C2=C(C)C[C@H]3[C@@H]2C3(C)C)cc1. The second kappa shape index (κ2) is 6.56. The number of hydrogen-bond acceptors (Lipinski definition) is 4. The Morgan fingerprint density at radius 1 is 0.879 bits per heavy atom. The molecule has 2 aromatic carbocycles. The summed E-state index contributed by atoms with van der Waals surface area (Å²) in [5.41, 5.74) is 4.17. The summed E-state index contributed by atoms with van der Waals surface area (Å²) in [5.74, 6) is 0.659. The molecule has 6 rings (SSSR count). The fraction of sp³-hybridized carbons (Fsp3) is 0.370. The van der Waals surface area contributed by atoms with Crippen molar-refractivity contribution in [3.05, 3.63) is 70.8 Å². The molecule has 2 aliphatic heterocycles. The van der Waals surface area contributed by atoms with E-state index in [1.165, 1.54) is 16.0 Å². The van der Waals surface area contributed by atoms with Gasteiger partial charge in [0, 0.05) is 5.69 Å². The lowest BCUT2D eigenvalue weighted by molar-refractivity contribution is -0.129. The largest absolute Gasteiger partial charge is 0.497 e. The minimum atomic E-state index is -0.820. The molecule has 2 heterocycles. The number of nitrogens with zero attached hydrogens (tertiary/aromatic N) is 2. The Morgan fingerprint density at radius 2 is 1.48 bits per heavy atom. The van der Waals surface area contributed by atoms with Gasteiger partial charge in [-0.15, -0.1) is 0 Å². The molecule has 33 heavy (non-hydrogen) atoms. The molecule has 6 nitrogen and oxygen atoms in total. The van der Waals surface area contributed by atoms with Crippen molar-refractivity contribution in [3.63, 3.8) is 0 Å². The average Bonchev–Trinajstić information content (AvgIpc) is 3.06. The lowest BCUT2D eigenvalue weighted by Crippen LogP contribution is -2.72. The number of imide groups is 1. The molecule has 2 fully saturated rings. The maximum Gasteiger partial charge on any atom is 0.262 e. The van der Waals surface area contributed by atoms with Crippen molar-refractivity contribution in [1.82, 2.24) is 4.90 Å². The number of allylic oxidation sites excluding steroid dienone is 1. The standard InChI is InChI=1S/C27H26N2O4/c1-14-13-19-21(27(19,2)3)20(14)22-23(26(32)28(22)15-9-11-16(33-4)12-10-15)29-24(30)17-7-5-6-8-18(17)25(29)31/h5-12,19,21-23H,13H2,1-4H3/t19-,21-,22-,23+/m0/s1. The van der Waals surface area contributed by atoms with Crippen LogP contribution in [0.5, 0.6) is 5.75 Å². The molecule has 0 aromatic heterocycles. The number of amides is 3. The van der Waals surface area contributed by atoms with Crippen LogP contribution in [0, 0.1) is 17.3 Å². The molecule has 1 saturated carbocycles. The first-order valence-corrected chi connectivity index (χ1v) is 11.4. The molecule has 0 spiro atoms. The van der Waals surface area contributed by atoms with Gasteiger partial charge in [-0.2, -0.15) is 0 Å². The summed E-state index contributed by atoms with van der Waals surface area (Å²) in [6, 6.07) is 13.0. The van der Waals surface area contributed by atoms with Gasteiger partial charge in [0.05, 0.1) is 24.3 Å². The summed E-state index contributed by atoms with van der Waals surface area (Å²) in [6.45, 7) is 6.67. The van der Waals surface area contributed by atoms with Crippen molar-refractivity contribution in [1.29, 1.82) is 0 Å². The average molecular weight is 443 g/mol. The minimum Gasteiger partial charge on any atom is -0.497 e. The van der Waals surface area contributed by atoms with Crippen LogP contribution in [0.4, 0.5) is 5.69 Å². The number of carbonyl (C=O) groups excluding carboxylic acids is 3. The Bertz CT molecular complexity index is 1220. The monoisotopic (exact) mass is 442 g/mol. The van der Waals surface area contributed by atoms with Crippen molar-refractivity contribution >= 4 is 23.4 Å². The van der Waals surface area contributed by atoms with Crippen LogP contribution in [0.15, 0.2) is 59.7 Å². The third kappa shape index (κ3) is 2.52. The van der Waals surface area contributed by atoms with E-state index in [1.807, 2.05) is 24.3 Å². The Morgan fingerprint density at radius 3 is 2.03 bits per heavy atom. The summed E-state index contributed by atoms with van der Waals surface area (Å²) in [5, 5.41) is 0. The van der Waals surface area contributed by atoms with E-state index in [0.717, 1.165) is 12.1 Å². The molecule has 6 heteroatoms. The third-order valence-electron chi connectivity index (χ3n) is 8.25. The predicted octanol–water partition coefficient (Wildman–Crippen LogP) is 4.07. The molecule has 3 amide bonds. The molecule has 4 aliphatic rings. The van der Waals surface area contributed by atoms with E-state index in [4.69, 9.17) is 4.74 Å².